The summed E-state index contributed by atoms with van der Waals surface area (Å²) in [4.78, 5) is 12.2. The molecule has 0 atom stereocenters. The number of hydrogen-bond donors (Lipinski definition) is 1. The van der Waals surface area contributed by atoms with Gasteiger partial charge in [0, 0.05) is 32.2 Å². The predicted molar refractivity (Wildman–Crippen MR) is 151 cm³/mol. The first-order chi connectivity index (χ1) is 16.2. The van der Waals surface area contributed by atoms with Crippen LogP contribution < -0.4 is 4.74 Å². The molecule has 4 heteroatoms. The molecule has 0 aliphatic rings. The van der Waals surface area contributed by atoms with Crippen LogP contribution in [-0.2, 0) is 15.6 Å². The zero-order valence-electron chi connectivity index (χ0n) is 22.7. The van der Waals surface area contributed by atoms with E-state index in [0.29, 0.717) is 12.5 Å². The average molecular weight is 493 g/mol. The SMILES string of the molecule is C/C(=C\C(=O)O)c1cc2c(-c3cc(C(C)(C)C)cc(C(C)(C)C)c3OCCC(C)C)cccc2s1. The Hall–Kier alpha value is -2.59. The molecule has 3 rings (SSSR count). The first kappa shape index (κ1) is 27.0. The molecule has 188 valence electrons. The van der Waals surface area contributed by atoms with Crippen LogP contribution in [0.4, 0.5) is 0 Å². The van der Waals surface area contributed by atoms with Crippen LogP contribution in [0.25, 0.3) is 26.8 Å². The van der Waals surface area contributed by atoms with E-state index in [1.165, 1.54) is 17.2 Å². The van der Waals surface area contributed by atoms with Gasteiger partial charge >= 0.3 is 5.97 Å². The molecule has 0 amide bonds. The van der Waals surface area contributed by atoms with E-state index in [9.17, 15) is 9.90 Å². The Balaban J connectivity index is 2.33. The van der Waals surface area contributed by atoms with Crippen molar-refractivity contribution in [1.82, 2.24) is 0 Å². The summed E-state index contributed by atoms with van der Waals surface area (Å²) < 4.78 is 7.74. The Kier molecular flexibility index (Phi) is 7.86. The highest BCUT2D eigenvalue weighted by molar-refractivity contribution is 7.20. The molecular weight excluding hydrogens is 452 g/mol. The molecule has 35 heavy (non-hydrogen) atoms. The number of hydrogen-bond acceptors (Lipinski definition) is 3. The Morgan fingerprint density at radius 2 is 1.71 bits per heavy atom. The topological polar surface area (TPSA) is 46.5 Å². The van der Waals surface area contributed by atoms with Crippen LogP contribution in [0.5, 0.6) is 5.75 Å². The fourth-order valence-electron chi connectivity index (χ4n) is 4.12. The summed E-state index contributed by atoms with van der Waals surface area (Å²) in [5.74, 6) is 0.607. The molecule has 1 aromatic heterocycles. The lowest BCUT2D eigenvalue weighted by molar-refractivity contribution is -0.131. The van der Waals surface area contributed by atoms with E-state index in [-0.39, 0.29) is 10.8 Å². The monoisotopic (exact) mass is 492 g/mol. The molecule has 0 aliphatic carbocycles. The van der Waals surface area contributed by atoms with E-state index in [2.05, 4.69) is 91.8 Å². The van der Waals surface area contributed by atoms with Crippen LogP contribution in [0.2, 0.25) is 0 Å². The smallest absolute Gasteiger partial charge is 0.328 e. The van der Waals surface area contributed by atoms with Crippen LogP contribution in [0, 0.1) is 5.92 Å². The highest BCUT2D eigenvalue weighted by atomic mass is 32.1. The van der Waals surface area contributed by atoms with Crippen molar-refractivity contribution in [3.8, 4) is 16.9 Å². The molecule has 3 nitrogen and oxygen atoms in total. The number of aliphatic carboxylic acids is 1. The maximum atomic E-state index is 11.3. The van der Waals surface area contributed by atoms with Crippen LogP contribution in [0.1, 0.15) is 84.7 Å². The van der Waals surface area contributed by atoms with Gasteiger partial charge in [0.1, 0.15) is 5.75 Å². The number of benzene rings is 2. The first-order valence-corrected chi connectivity index (χ1v) is 13.3. The van der Waals surface area contributed by atoms with E-state index in [0.717, 1.165) is 43.8 Å². The van der Waals surface area contributed by atoms with Gasteiger partial charge in [-0.15, -0.1) is 11.3 Å². The van der Waals surface area contributed by atoms with Gasteiger partial charge in [-0.3, -0.25) is 0 Å². The number of thiophene rings is 1. The Bertz CT molecular complexity index is 1250. The van der Waals surface area contributed by atoms with E-state index in [1.54, 1.807) is 11.3 Å². The fraction of sp³-hybridized carbons (Fsp3) is 0.452. The van der Waals surface area contributed by atoms with Gasteiger partial charge in [0.2, 0.25) is 0 Å². The zero-order valence-corrected chi connectivity index (χ0v) is 23.5. The number of rotatable bonds is 7. The number of carboxylic acids is 1. The molecule has 0 radical (unpaired) electrons. The van der Waals surface area contributed by atoms with Crippen LogP contribution in [-0.4, -0.2) is 17.7 Å². The summed E-state index contributed by atoms with van der Waals surface area (Å²) in [7, 11) is 0. The molecule has 0 saturated heterocycles. The number of ether oxygens (including phenoxy) is 1. The van der Waals surface area contributed by atoms with Crippen molar-refractivity contribution in [1.29, 1.82) is 0 Å². The second-order valence-electron chi connectivity index (χ2n) is 11.9. The van der Waals surface area contributed by atoms with Crippen molar-refractivity contribution in [2.24, 2.45) is 5.92 Å². The largest absolute Gasteiger partial charge is 0.493 e. The third-order valence-corrected chi connectivity index (χ3v) is 7.52. The van der Waals surface area contributed by atoms with Crippen LogP contribution in [0.15, 0.2) is 42.5 Å². The maximum absolute atomic E-state index is 11.3. The van der Waals surface area contributed by atoms with Crippen molar-refractivity contribution in [2.75, 3.05) is 6.61 Å². The third kappa shape index (κ3) is 6.35. The lowest BCUT2D eigenvalue weighted by atomic mass is 9.78. The van der Waals surface area contributed by atoms with Crippen molar-refractivity contribution in [2.45, 2.75) is 79.6 Å². The van der Waals surface area contributed by atoms with Gasteiger partial charge in [-0.25, -0.2) is 4.79 Å². The second-order valence-corrected chi connectivity index (χ2v) is 13.0. The molecule has 1 N–H and O–H groups in total. The quantitative estimate of drug-likeness (QED) is 0.335. The molecule has 0 aliphatic heterocycles. The van der Waals surface area contributed by atoms with E-state index in [4.69, 9.17) is 4.74 Å². The molecule has 0 saturated carbocycles. The minimum Gasteiger partial charge on any atom is -0.493 e. The van der Waals surface area contributed by atoms with Gasteiger partial charge in [0.15, 0.2) is 0 Å². The zero-order chi connectivity index (χ0) is 26.1. The van der Waals surface area contributed by atoms with Gasteiger partial charge < -0.3 is 9.84 Å². The standard InChI is InChI=1S/C31H40O3S/c1-19(2)13-14-34-29-24(16-21(30(4,5)6)17-25(29)31(7,8)9)22-11-10-12-26-23(22)18-27(35-26)20(3)15-28(32)33/h10-12,15-19H,13-14H2,1-9H3,(H,32,33)/b20-15+. The van der Waals surface area contributed by atoms with Crippen molar-refractivity contribution >= 4 is 33.0 Å². The van der Waals surface area contributed by atoms with E-state index in [1.807, 2.05) is 6.92 Å². The summed E-state index contributed by atoms with van der Waals surface area (Å²) in [5, 5.41) is 10.4. The Labute approximate surface area is 214 Å². The highest BCUT2D eigenvalue weighted by Gasteiger charge is 2.27. The molecule has 3 aromatic rings. The summed E-state index contributed by atoms with van der Waals surface area (Å²) in [6.07, 6.45) is 2.28. The lowest BCUT2D eigenvalue weighted by Gasteiger charge is -2.30. The van der Waals surface area contributed by atoms with Crippen LogP contribution in [0.3, 0.4) is 0 Å². The van der Waals surface area contributed by atoms with Gasteiger partial charge in [-0.2, -0.15) is 0 Å². The molecular formula is C31H40O3S. The number of fused-ring (bicyclic) bond motifs is 1. The molecule has 0 spiro atoms. The highest BCUT2D eigenvalue weighted by Crippen LogP contribution is 2.46. The van der Waals surface area contributed by atoms with Crippen LogP contribution >= 0.6 is 11.3 Å². The molecule has 1 heterocycles. The van der Waals surface area contributed by atoms with Crippen molar-refractivity contribution in [3.05, 3.63) is 58.5 Å². The number of allylic oxidation sites excluding steroid dienone is 1. The van der Waals surface area contributed by atoms with Crippen molar-refractivity contribution in [3.63, 3.8) is 0 Å². The summed E-state index contributed by atoms with van der Waals surface area (Å²) in [5.41, 5.74) is 5.40. The first-order valence-electron chi connectivity index (χ1n) is 12.4. The molecule has 0 fully saturated rings. The second kappa shape index (κ2) is 10.2. The van der Waals surface area contributed by atoms with Gasteiger partial charge in [-0.1, -0.05) is 73.6 Å². The Morgan fingerprint density at radius 3 is 2.29 bits per heavy atom. The number of carboxylic acid groups (broad SMARTS) is 1. The predicted octanol–water partition coefficient (Wildman–Crippen LogP) is 9.08. The van der Waals surface area contributed by atoms with E-state index < -0.39 is 5.97 Å². The summed E-state index contributed by atoms with van der Waals surface area (Å²) in [6, 6.07) is 13.1. The fourth-order valence-corrected chi connectivity index (χ4v) is 5.18. The summed E-state index contributed by atoms with van der Waals surface area (Å²) >= 11 is 1.63. The number of carbonyl (C=O) groups is 1. The molecule has 2 aromatic carbocycles. The van der Waals surface area contributed by atoms with Crippen molar-refractivity contribution < 1.29 is 14.6 Å². The average Bonchev–Trinajstić information content (AvgIpc) is 3.16. The maximum Gasteiger partial charge on any atom is 0.328 e. The Morgan fingerprint density at radius 1 is 1.03 bits per heavy atom. The molecule has 0 bridgehead atoms. The molecule has 0 unspecified atom stereocenters. The lowest BCUT2D eigenvalue weighted by Crippen LogP contribution is -2.19. The minimum absolute atomic E-state index is 0.0142. The van der Waals surface area contributed by atoms with E-state index >= 15 is 0 Å². The third-order valence-electron chi connectivity index (χ3n) is 6.28. The normalized spacial score (nSPS) is 13.0. The minimum atomic E-state index is -0.922. The summed E-state index contributed by atoms with van der Waals surface area (Å²) in [6.45, 7) is 20.5. The van der Waals surface area contributed by atoms with Gasteiger partial charge in [-0.05, 0) is 65.0 Å². The van der Waals surface area contributed by atoms with Gasteiger partial charge in [0.25, 0.3) is 0 Å². The van der Waals surface area contributed by atoms with Gasteiger partial charge in [0.05, 0.1) is 6.61 Å².